The van der Waals surface area contributed by atoms with Gasteiger partial charge in [-0.1, -0.05) is 0 Å². The van der Waals surface area contributed by atoms with Crippen LogP contribution in [0.25, 0.3) is 10.9 Å². The molecular weight excluding hydrogens is 409 g/mol. The Morgan fingerprint density at radius 3 is 2.66 bits per heavy atom. The largest absolute Gasteiger partial charge is 0.368 e. The summed E-state index contributed by atoms with van der Waals surface area (Å²) in [5, 5.41) is 3.15. The maximum atomic E-state index is 15.0. The van der Waals surface area contributed by atoms with Gasteiger partial charge in [-0.3, -0.25) is 14.5 Å². The van der Waals surface area contributed by atoms with Crippen molar-refractivity contribution in [2.24, 2.45) is 0 Å². The molecule has 7 nitrogen and oxygen atoms in total. The van der Waals surface area contributed by atoms with Gasteiger partial charge in [0.25, 0.3) is 11.5 Å². The van der Waals surface area contributed by atoms with Crippen molar-refractivity contribution in [3.63, 3.8) is 0 Å². The first kappa shape index (κ1) is 20.6. The Morgan fingerprint density at radius 1 is 1.16 bits per heavy atom. The number of pyridine rings is 2. The summed E-state index contributed by atoms with van der Waals surface area (Å²) < 4.78 is 15.0. The van der Waals surface area contributed by atoms with Crippen LogP contribution in [0.5, 0.6) is 0 Å². The fourth-order valence-corrected chi connectivity index (χ4v) is 4.89. The molecule has 1 fully saturated rings. The van der Waals surface area contributed by atoms with Gasteiger partial charge in [-0.25, -0.2) is 9.37 Å². The van der Waals surface area contributed by atoms with Crippen LogP contribution in [0, 0.1) is 5.82 Å². The normalized spacial score (nSPS) is 16.4. The second-order valence-corrected chi connectivity index (χ2v) is 8.51. The monoisotopic (exact) mass is 435 g/mol. The van der Waals surface area contributed by atoms with Gasteiger partial charge < -0.3 is 15.2 Å². The van der Waals surface area contributed by atoms with Gasteiger partial charge >= 0.3 is 0 Å². The number of hydrogen-bond acceptors (Lipinski definition) is 5. The second kappa shape index (κ2) is 8.35. The minimum Gasteiger partial charge on any atom is -0.368 e. The van der Waals surface area contributed by atoms with E-state index in [9.17, 15) is 9.59 Å². The lowest BCUT2D eigenvalue weighted by atomic mass is 10.0. The number of benzene rings is 1. The van der Waals surface area contributed by atoms with Crippen molar-refractivity contribution >= 4 is 22.5 Å². The summed E-state index contributed by atoms with van der Waals surface area (Å²) in [7, 11) is 1.59. The highest BCUT2D eigenvalue weighted by Crippen LogP contribution is 2.29. The third-order valence-electron chi connectivity index (χ3n) is 6.54. The van der Waals surface area contributed by atoms with Crippen LogP contribution in [0.2, 0.25) is 0 Å². The fourth-order valence-electron chi connectivity index (χ4n) is 4.89. The first-order valence-electron chi connectivity index (χ1n) is 11.0. The summed E-state index contributed by atoms with van der Waals surface area (Å²) >= 11 is 0. The summed E-state index contributed by atoms with van der Waals surface area (Å²) in [5.74, 6) is -0.442. The first-order valence-corrected chi connectivity index (χ1v) is 11.0. The molecule has 0 atom stereocenters. The third kappa shape index (κ3) is 3.75. The molecule has 0 radical (unpaired) electrons. The maximum Gasteiger partial charge on any atom is 0.269 e. The molecule has 2 aliphatic rings. The summed E-state index contributed by atoms with van der Waals surface area (Å²) in [5.41, 5.74) is 4.42. The van der Waals surface area contributed by atoms with Crippen LogP contribution < -0.4 is 15.8 Å². The molecule has 166 valence electrons. The number of halogens is 1. The predicted octanol–water partition coefficient (Wildman–Crippen LogP) is 2.23. The van der Waals surface area contributed by atoms with E-state index in [0.29, 0.717) is 23.1 Å². The number of anilines is 1. The summed E-state index contributed by atoms with van der Waals surface area (Å²) in [6, 6.07) is 7.19. The standard InChI is InChI=1S/C24H26FN5O2/c1-26-24(32)20-6-5-16(13-27-20)30-9-7-29(8-10-30)14-15-11-19(25)22-17-3-2-4-18(17)23(31)28-21(22)12-15/h5-6,11-13H,2-4,7-10,14H2,1H3,(H,26,32)(H,28,31). The fraction of sp³-hybridized carbons (Fsp3) is 0.375. The molecule has 1 aliphatic carbocycles. The van der Waals surface area contributed by atoms with Crippen molar-refractivity contribution in [3.8, 4) is 0 Å². The molecule has 3 aromatic rings. The van der Waals surface area contributed by atoms with E-state index in [0.717, 1.165) is 67.8 Å². The Morgan fingerprint density at radius 2 is 1.94 bits per heavy atom. The maximum absolute atomic E-state index is 15.0. The molecular formula is C24H26FN5O2. The van der Waals surface area contributed by atoms with Crippen molar-refractivity contribution in [1.29, 1.82) is 0 Å². The quantitative estimate of drug-likeness (QED) is 0.657. The number of nitrogens with one attached hydrogen (secondary N) is 2. The van der Waals surface area contributed by atoms with Gasteiger partial charge in [0.15, 0.2) is 0 Å². The van der Waals surface area contributed by atoms with Crippen LogP contribution in [-0.4, -0.2) is 54.0 Å². The van der Waals surface area contributed by atoms with E-state index in [1.165, 1.54) is 0 Å². The number of rotatable bonds is 4. The molecule has 0 spiro atoms. The van der Waals surface area contributed by atoms with Crippen LogP contribution in [0.4, 0.5) is 10.1 Å². The van der Waals surface area contributed by atoms with Crippen LogP contribution >= 0.6 is 0 Å². The van der Waals surface area contributed by atoms with Crippen molar-refractivity contribution < 1.29 is 9.18 Å². The van der Waals surface area contributed by atoms with Crippen molar-refractivity contribution in [2.75, 3.05) is 38.1 Å². The molecule has 0 saturated carbocycles. The zero-order valence-corrected chi connectivity index (χ0v) is 18.1. The number of carbonyl (C=O) groups is 1. The van der Waals surface area contributed by atoms with Gasteiger partial charge in [0.1, 0.15) is 11.5 Å². The Bertz CT molecular complexity index is 1230. The van der Waals surface area contributed by atoms with Crippen molar-refractivity contribution in [2.45, 2.75) is 25.8 Å². The van der Waals surface area contributed by atoms with Gasteiger partial charge in [-0.05, 0) is 54.7 Å². The van der Waals surface area contributed by atoms with Crippen LogP contribution in [0.1, 0.15) is 33.6 Å². The van der Waals surface area contributed by atoms with Gasteiger partial charge in [-0.15, -0.1) is 0 Å². The number of carbonyl (C=O) groups excluding carboxylic acids is 1. The number of fused-ring (bicyclic) bond motifs is 3. The zero-order valence-electron chi connectivity index (χ0n) is 18.1. The average molecular weight is 436 g/mol. The number of aryl methyl sites for hydroxylation is 1. The molecule has 8 heteroatoms. The zero-order chi connectivity index (χ0) is 22.2. The highest BCUT2D eigenvalue weighted by atomic mass is 19.1. The molecule has 32 heavy (non-hydrogen) atoms. The third-order valence-corrected chi connectivity index (χ3v) is 6.54. The van der Waals surface area contributed by atoms with Crippen molar-refractivity contribution in [3.05, 3.63) is 69.0 Å². The number of nitrogens with zero attached hydrogens (tertiary/aromatic N) is 3. The summed E-state index contributed by atoms with van der Waals surface area (Å²) in [4.78, 5) is 35.7. The van der Waals surface area contributed by atoms with Crippen LogP contribution in [-0.2, 0) is 19.4 Å². The number of H-pyrrole nitrogens is 1. The van der Waals surface area contributed by atoms with E-state index < -0.39 is 0 Å². The van der Waals surface area contributed by atoms with E-state index in [2.05, 4.69) is 25.1 Å². The summed E-state index contributed by atoms with van der Waals surface area (Å²) in [6.45, 7) is 3.94. The molecule has 2 aromatic heterocycles. The average Bonchev–Trinajstić information content (AvgIpc) is 3.29. The molecule has 1 saturated heterocycles. The Balaban J connectivity index is 1.28. The highest BCUT2D eigenvalue weighted by Gasteiger charge is 2.22. The second-order valence-electron chi connectivity index (χ2n) is 8.51. The lowest BCUT2D eigenvalue weighted by Gasteiger charge is -2.36. The van der Waals surface area contributed by atoms with E-state index in [-0.39, 0.29) is 17.3 Å². The molecule has 2 N–H and O–H groups in total. The van der Waals surface area contributed by atoms with E-state index >= 15 is 4.39 Å². The first-order chi connectivity index (χ1) is 15.5. The number of aromatic nitrogens is 2. The molecule has 3 heterocycles. The lowest BCUT2D eigenvalue weighted by Crippen LogP contribution is -2.46. The molecule has 0 unspecified atom stereocenters. The smallest absolute Gasteiger partial charge is 0.269 e. The van der Waals surface area contributed by atoms with Gasteiger partial charge in [0.05, 0.1) is 17.4 Å². The lowest BCUT2D eigenvalue weighted by molar-refractivity contribution is 0.0958. The topological polar surface area (TPSA) is 81.3 Å². The molecule has 1 amide bonds. The Kier molecular flexibility index (Phi) is 5.38. The highest BCUT2D eigenvalue weighted by molar-refractivity contribution is 5.92. The minimum atomic E-state index is -0.243. The SMILES string of the molecule is CNC(=O)c1ccc(N2CCN(Cc3cc(F)c4c5c(c(=O)[nH]c4c3)CCC5)CC2)cn1. The number of aromatic amines is 1. The Labute approximate surface area is 185 Å². The number of hydrogen-bond donors (Lipinski definition) is 2. The van der Waals surface area contributed by atoms with E-state index in [1.807, 2.05) is 12.1 Å². The minimum absolute atomic E-state index is 0.0776. The molecule has 0 bridgehead atoms. The Hall–Kier alpha value is -3.26. The van der Waals surface area contributed by atoms with E-state index in [4.69, 9.17) is 0 Å². The molecule has 1 aliphatic heterocycles. The molecule has 5 rings (SSSR count). The van der Waals surface area contributed by atoms with E-state index in [1.54, 1.807) is 25.4 Å². The van der Waals surface area contributed by atoms with Gasteiger partial charge in [-0.2, -0.15) is 0 Å². The van der Waals surface area contributed by atoms with Gasteiger partial charge in [0.2, 0.25) is 0 Å². The van der Waals surface area contributed by atoms with Gasteiger partial charge in [0, 0.05) is 50.7 Å². The van der Waals surface area contributed by atoms with Crippen LogP contribution in [0.3, 0.4) is 0 Å². The number of amides is 1. The number of piperazine rings is 1. The van der Waals surface area contributed by atoms with Crippen molar-refractivity contribution in [1.82, 2.24) is 20.2 Å². The predicted molar refractivity (Wildman–Crippen MR) is 122 cm³/mol. The molecule has 1 aromatic carbocycles. The van der Waals surface area contributed by atoms with Crippen LogP contribution in [0.15, 0.2) is 35.3 Å². The summed E-state index contributed by atoms with van der Waals surface area (Å²) in [6.07, 6.45) is 4.14.